The van der Waals surface area contributed by atoms with Gasteiger partial charge in [0.2, 0.25) is 10.0 Å². The fourth-order valence-corrected chi connectivity index (χ4v) is 5.36. The molecule has 3 aromatic rings. The molecule has 0 aromatic heterocycles. The smallest absolute Gasteiger partial charge is 0.210 e. The summed E-state index contributed by atoms with van der Waals surface area (Å²) < 4.78 is 47.4. The number of rotatable bonds is 7. The number of hydrogen-bond acceptors (Lipinski definition) is 2. The van der Waals surface area contributed by atoms with Crippen LogP contribution in [0.2, 0.25) is 0 Å². The summed E-state index contributed by atoms with van der Waals surface area (Å²) >= 11 is 0. The molecule has 0 bridgehead atoms. The SMILES string of the molecule is [2H]C1=CC([2H])(C(CNS(=O)(=O)c2ccc(C)cc2)(c2ccccc2)c2ccccc2)CCC1. The van der Waals surface area contributed by atoms with E-state index in [4.69, 9.17) is 1.37 Å². The van der Waals surface area contributed by atoms with E-state index in [1.807, 2.05) is 67.6 Å². The standard InChI is InChI=1S/C27H29NO2S/c1-22-17-19-26(20-18-22)31(29,30)28-21-27(23-11-5-2-6-12-23,24-13-7-3-8-14-24)25-15-9-4-10-16-25/h2-3,5-9,11-15,17-20,25,28H,4,10,16,21H2,1H3/i9D,25D. The highest BCUT2D eigenvalue weighted by Crippen LogP contribution is 2.43. The molecule has 0 radical (unpaired) electrons. The minimum absolute atomic E-state index is 0.00448. The number of nitrogens with one attached hydrogen (secondary N) is 1. The van der Waals surface area contributed by atoms with Crippen molar-refractivity contribution in [3.8, 4) is 0 Å². The van der Waals surface area contributed by atoms with Crippen molar-refractivity contribution in [1.82, 2.24) is 4.72 Å². The van der Waals surface area contributed by atoms with E-state index < -0.39 is 21.3 Å². The average molecular weight is 434 g/mol. The molecule has 0 amide bonds. The first kappa shape index (κ1) is 19.0. The van der Waals surface area contributed by atoms with Crippen molar-refractivity contribution in [1.29, 1.82) is 0 Å². The monoisotopic (exact) mass is 433 g/mol. The maximum atomic E-state index is 13.3. The van der Waals surface area contributed by atoms with Crippen LogP contribution in [0.5, 0.6) is 0 Å². The predicted octanol–water partition coefficient (Wildman–Crippen LogP) is 5.62. The van der Waals surface area contributed by atoms with Crippen LogP contribution in [0.3, 0.4) is 0 Å². The average Bonchev–Trinajstić information content (AvgIpc) is 2.81. The summed E-state index contributed by atoms with van der Waals surface area (Å²) in [5, 5.41) is 0. The van der Waals surface area contributed by atoms with Gasteiger partial charge in [0.25, 0.3) is 0 Å². The molecule has 160 valence electrons. The van der Waals surface area contributed by atoms with E-state index in [-0.39, 0.29) is 11.4 Å². The van der Waals surface area contributed by atoms with Gasteiger partial charge in [-0.1, -0.05) is 90.5 Å². The predicted molar refractivity (Wildman–Crippen MR) is 127 cm³/mol. The molecule has 1 atom stereocenters. The zero-order chi connectivity index (χ0) is 23.5. The lowest BCUT2D eigenvalue weighted by molar-refractivity contribution is 0.342. The number of aryl methyl sites for hydroxylation is 1. The molecule has 0 saturated heterocycles. The lowest BCUT2D eigenvalue weighted by atomic mass is 9.63. The molecular weight excluding hydrogens is 402 g/mol. The summed E-state index contributed by atoms with van der Waals surface area (Å²) in [4.78, 5) is 0.197. The molecule has 0 saturated carbocycles. The Labute approximate surface area is 188 Å². The second kappa shape index (κ2) is 9.21. The fraction of sp³-hybridized carbons (Fsp3) is 0.259. The van der Waals surface area contributed by atoms with E-state index >= 15 is 0 Å². The first-order chi connectivity index (χ1) is 15.8. The minimum Gasteiger partial charge on any atom is -0.210 e. The van der Waals surface area contributed by atoms with Gasteiger partial charge in [0.05, 0.1) is 6.27 Å². The second-order valence-corrected chi connectivity index (χ2v) is 9.77. The lowest BCUT2D eigenvalue weighted by Crippen LogP contribution is -2.46. The van der Waals surface area contributed by atoms with Crippen LogP contribution in [0.1, 0.15) is 38.7 Å². The highest BCUT2D eigenvalue weighted by Gasteiger charge is 2.42. The number of benzene rings is 3. The molecule has 3 aromatic carbocycles. The summed E-state index contributed by atoms with van der Waals surface area (Å²) in [5.41, 5.74) is 1.67. The van der Waals surface area contributed by atoms with Gasteiger partial charge in [-0.25, -0.2) is 13.1 Å². The zero-order valence-electron chi connectivity index (χ0n) is 19.7. The van der Waals surface area contributed by atoms with E-state index in [1.54, 1.807) is 30.3 Å². The van der Waals surface area contributed by atoms with Crippen LogP contribution in [0.4, 0.5) is 0 Å². The van der Waals surface area contributed by atoms with Gasteiger partial charge in [0.1, 0.15) is 0 Å². The first-order valence-electron chi connectivity index (χ1n) is 11.6. The van der Waals surface area contributed by atoms with Crippen LogP contribution in [0, 0.1) is 12.8 Å². The van der Waals surface area contributed by atoms with Gasteiger partial charge < -0.3 is 0 Å². The fourth-order valence-electron chi connectivity index (χ4n) is 4.29. The summed E-state index contributed by atoms with van der Waals surface area (Å²) in [6, 6.07) is 26.5. The maximum Gasteiger partial charge on any atom is 0.240 e. The number of hydrogen-bond donors (Lipinski definition) is 1. The zero-order valence-corrected chi connectivity index (χ0v) is 18.5. The molecular formula is C27H29NO2S. The van der Waals surface area contributed by atoms with Crippen LogP contribution >= 0.6 is 0 Å². The van der Waals surface area contributed by atoms with Crippen molar-refractivity contribution >= 4 is 10.0 Å². The third kappa shape index (κ3) is 4.51. The molecule has 1 N–H and O–H groups in total. The Balaban J connectivity index is 1.88. The molecule has 3 nitrogen and oxygen atoms in total. The van der Waals surface area contributed by atoms with Crippen LogP contribution in [-0.2, 0) is 15.4 Å². The van der Waals surface area contributed by atoms with Crippen LogP contribution < -0.4 is 4.72 Å². The maximum absolute atomic E-state index is 13.3. The van der Waals surface area contributed by atoms with E-state index in [1.165, 1.54) is 0 Å². The highest BCUT2D eigenvalue weighted by atomic mass is 32.2. The Bertz CT molecular complexity index is 1190. The van der Waals surface area contributed by atoms with E-state index in [0.717, 1.165) is 16.7 Å². The Kier molecular flexibility index (Phi) is 5.65. The van der Waals surface area contributed by atoms with Crippen molar-refractivity contribution in [2.24, 2.45) is 5.89 Å². The summed E-state index contributed by atoms with van der Waals surface area (Å²) in [6.45, 7) is 1.92. The summed E-state index contributed by atoms with van der Waals surface area (Å²) in [7, 11) is -3.81. The Morgan fingerprint density at radius 2 is 1.55 bits per heavy atom. The van der Waals surface area contributed by atoms with Crippen LogP contribution in [0.15, 0.2) is 102 Å². The lowest BCUT2D eigenvalue weighted by Gasteiger charge is -2.42. The van der Waals surface area contributed by atoms with Gasteiger partial charge in [0.15, 0.2) is 0 Å². The molecule has 4 heteroatoms. The van der Waals surface area contributed by atoms with Gasteiger partial charge in [-0.3, -0.25) is 0 Å². The first-order valence-corrected chi connectivity index (χ1v) is 12.1. The van der Waals surface area contributed by atoms with Crippen molar-refractivity contribution in [2.75, 3.05) is 6.54 Å². The van der Waals surface area contributed by atoms with Crippen molar-refractivity contribution < 1.29 is 11.2 Å². The third-order valence-electron chi connectivity index (χ3n) is 5.98. The minimum atomic E-state index is -3.81. The van der Waals surface area contributed by atoms with E-state index in [9.17, 15) is 9.79 Å². The molecule has 1 unspecified atom stereocenters. The van der Waals surface area contributed by atoms with Crippen LogP contribution in [-0.4, -0.2) is 15.0 Å². The van der Waals surface area contributed by atoms with Crippen molar-refractivity contribution in [3.05, 3.63) is 114 Å². The van der Waals surface area contributed by atoms with Gasteiger partial charge in [0, 0.05) is 13.3 Å². The molecule has 0 fully saturated rings. The molecule has 0 spiro atoms. The molecule has 4 rings (SSSR count). The van der Waals surface area contributed by atoms with Gasteiger partial charge in [-0.15, -0.1) is 0 Å². The largest absolute Gasteiger partial charge is 0.240 e. The summed E-state index contributed by atoms with van der Waals surface area (Å²) in [5.74, 6) is -1.19. The molecule has 0 aliphatic heterocycles. The number of sulfonamides is 1. The third-order valence-corrected chi connectivity index (χ3v) is 7.40. The topological polar surface area (TPSA) is 46.2 Å². The quantitative estimate of drug-likeness (QED) is 0.492. The van der Waals surface area contributed by atoms with Gasteiger partial charge >= 0.3 is 0 Å². The molecule has 0 heterocycles. The van der Waals surface area contributed by atoms with E-state index in [0.29, 0.717) is 25.3 Å². The van der Waals surface area contributed by atoms with Crippen LogP contribution in [0.25, 0.3) is 0 Å². The normalized spacial score (nSPS) is 20.5. The second-order valence-electron chi connectivity index (χ2n) is 8.00. The van der Waals surface area contributed by atoms with Gasteiger partial charge in [-0.05, 0) is 55.3 Å². The van der Waals surface area contributed by atoms with Crippen molar-refractivity contribution in [3.63, 3.8) is 0 Å². The molecule has 1 aliphatic rings. The molecule has 31 heavy (non-hydrogen) atoms. The molecule has 1 aliphatic carbocycles. The number of allylic oxidation sites excluding steroid dienone is 2. The van der Waals surface area contributed by atoms with E-state index in [2.05, 4.69) is 4.72 Å². The Morgan fingerprint density at radius 3 is 2.10 bits per heavy atom. The highest BCUT2D eigenvalue weighted by molar-refractivity contribution is 7.89. The van der Waals surface area contributed by atoms with Gasteiger partial charge in [-0.2, -0.15) is 0 Å². The Hall–Kier alpha value is -2.69. The van der Waals surface area contributed by atoms with Crippen molar-refractivity contribution in [2.45, 2.75) is 36.5 Å². The summed E-state index contributed by atoms with van der Waals surface area (Å²) in [6.07, 6.45) is 3.60. The Morgan fingerprint density at radius 1 is 0.968 bits per heavy atom.